The quantitative estimate of drug-likeness (QED) is 0.746. The number of rotatable bonds is 2. The summed E-state index contributed by atoms with van der Waals surface area (Å²) in [6, 6.07) is 0. The van der Waals surface area contributed by atoms with Crippen molar-refractivity contribution in [3.05, 3.63) is 0 Å². The van der Waals surface area contributed by atoms with Crippen LogP contribution in [-0.2, 0) is 0 Å². The molecule has 86 valence electrons. The third-order valence-electron chi connectivity index (χ3n) is 5.17. The van der Waals surface area contributed by atoms with E-state index in [4.69, 9.17) is 5.73 Å². The minimum Gasteiger partial charge on any atom is -0.325 e. The molecule has 0 aliphatic heterocycles. The third kappa shape index (κ3) is 1.37. The van der Waals surface area contributed by atoms with Crippen LogP contribution in [0.5, 0.6) is 0 Å². The lowest BCUT2D eigenvalue weighted by atomic mass is 9.46. The Hall–Kier alpha value is -0.110. The highest BCUT2D eigenvalue weighted by atomic mass is 19.1. The van der Waals surface area contributed by atoms with E-state index < -0.39 is 6.17 Å². The highest BCUT2D eigenvalue weighted by molar-refractivity contribution is 5.12. The molecule has 0 aromatic heterocycles. The summed E-state index contributed by atoms with van der Waals surface area (Å²) >= 11 is 0. The van der Waals surface area contributed by atoms with E-state index in [0.29, 0.717) is 6.42 Å². The molecule has 0 aromatic carbocycles. The average molecular weight is 211 g/mol. The van der Waals surface area contributed by atoms with Crippen molar-refractivity contribution in [3.63, 3.8) is 0 Å². The molecule has 0 spiro atoms. The Balaban J connectivity index is 1.92. The molecular weight excluding hydrogens is 189 g/mol. The van der Waals surface area contributed by atoms with Crippen molar-refractivity contribution in [3.8, 4) is 0 Å². The maximum Gasteiger partial charge on any atom is 0.106 e. The Morgan fingerprint density at radius 3 is 2.33 bits per heavy atom. The van der Waals surface area contributed by atoms with E-state index in [1.807, 2.05) is 6.92 Å². The number of hydrogen-bond donors (Lipinski definition) is 1. The van der Waals surface area contributed by atoms with Gasteiger partial charge in [-0.1, -0.05) is 6.92 Å². The van der Waals surface area contributed by atoms with Crippen LogP contribution in [0.3, 0.4) is 0 Å². The Morgan fingerprint density at radius 2 is 1.87 bits per heavy atom. The smallest absolute Gasteiger partial charge is 0.106 e. The number of hydrogen-bond acceptors (Lipinski definition) is 1. The van der Waals surface area contributed by atoms with E-state index >= 15 is 0 Å². The van der Waals surface area contributed by atoms with Crippen LogP contribution in [0.1, 0.15) is 51.9 Å². The minimum atomic E-state index is -0.605. The molecule has 4 aliphatic rings. The van der Waals surface area contributed by atoms with Gasteiger partial charge < -0.3 is 5.73 Å². The van der Waals surface area contributed by atoms with Crippen molar-refractivity contribution in [1.82, 2.24) is 0 Å². The van der Waals surface area contributed by atoms with Crippen molar-refractivity contribution in [2.45, 2.75) is 63.6 Å². The zero-order valence-corrected chi connectivity index (χ0v) is 9.64. The van der Waals surface area contributed by atoms with Gasteiger partial charge >= 0.3 is 0 Å². The van der Waals surface area contributed by atoms with Gasteiger partial charge in [-0.15, -0.1) is 0 Å². The molecule has 15 heavy (non-hydrogen) atoms. The maximum atomic E-state index is 14.2. The highest BCUT2D eigenvalue weighted by Crippen LogP contribution is 2.62. The summed E-state index contributed by atoms with van der Waals surface area (Å²) < 4.78 is 14.2. The van der Waals surface area contributed by atoms with Crippen LogP contribution in [0.2, 0.25) is 0 Å². The summed E-state index contributed by atoms with van der Waals surface area (Å²) in [5.74, 6) is 1.47. The number of alkyl halides is 1. The second-order valence-corrected chi connectivity index (χ2v) is 6.56. The van der Waals surface area contributed by atoms with E-state index in [1.54, 1.807) is 0 Å². The SMILES string of the molecule is CCC(F)C12CC3CC(CC(N)(C3)C1)C2. The van der Waals surface area contributed by atoms with Gasteiger partial charge in [-0.25, -0.2) is 4.39 Å². The molecule has 1 nitrogen and oxygen atoms in total. The molecule has 0 amide bonds. The second-order valence-electron chi connectivity index (χ2n) is 6.56. The monoisotopic (exact) mass is 211 g/mol. The molecule has 3 atom stereocenters. The molecule has 3 unspecified atom stereocenters. The van der Waals surface area contributed by atoms with E-state index in [-0.39, 0.29) is 11.0 Å². The summed E-state index contributed by atoms with van der Waals surface area (Å²) in [7, 11) is 0. The van der Waals surface area contributed by atoms with Gasteiger partial charge in [0.05, 0.1) is 0 Å². The van der Waals surface area contributed by atoms with Crippen LogP contribution < -0.4 is 5.73 Å². The highest BCUT2D eigenvalue weighted by Gasteiger charge is 2.58. The van der Waals surface area contributed by atoms with E-state index in [1.165, 1.54) is 19.3 Å². The topological polar surface area (TPSA) is 26.0 Å². The first-order valence-corrected chi connectivity index (χ1v) is 6.48. The molecule has 0 aromatic rings. The molecule has 4 rings (SSSR count). The first-order chi connectivity index (χ1) is 7.05. The lowest BCUT2D eigenvalue weighted by Crippen LogP contribution is -2.62. The Bertz CT molecular complexity index is 262. The first kappa shape index (κ1) is 10.1. The molecule has 4 fully saturated rings. The first-order valence-electron chi connectivity index (χ1n) is 6.48. The van der Waals surface area contributed by atoms with Gasteiger partial charge in [0.2, 0.25) is 0 Å². The van der Waals surface area contributed by atoms with Crippen LogP contribution in [-0.4, -0.2) is 11.7 Å². The molecule has 0 saturated heterocycles. The van der Waals surface area contributed by atoms with Gasteiger partial charge in [0.1, 0.15) is 6.17 Å². The summed E-state index contributed by atoms with van der Waals surface area (Å²) in [4.78, 5) is 0. The summed E-state index contributed by atoms with van der Waals surface area (Å²) in [5.41, 5.74) is 6.42. The van der Waals surface area contributed by atoms with Crippen LogP contribution in [0, 0.1) is 17.3 Å². The molecule has 4 saturated carbocycles. The molecule has 2 N–H and O–H groups in total. The van der Waals surface area contributed by atoms with Crippen molar-refractivity contribution in [2.75, 3.05) is 0 Å². The molecular formula is C13H22FN. The standard InChI is InChI=1S/C13H22FN/c1-2-11(14)12-4-9-3-10(5-12)7-13(15,6-9)8-12/h9-11H,2-8,15H2,1H3. The predicted octanol–water partition coefficient (Wildman–Crippen LogP) is 3.03. The third-order valence-corrected chi connectivity index (χ3v) is 5.17. The fourth-order valence-corrected chi connectivity index (χ4v) is 5.20. The van der Waals surface area contributed by atoms with Crippen LogP contribution >= 0.6 is 0 Å². The Kier molecular flexibility index (Phi) is 1.99. The van der Waals surface area contributed by atoms with E-state index in [9.17, 15) is 4.39 Å². The van der Waals surface area contributed by atoms with Crippen molar-refractivity contribution in [2.24, 2.45) is 23.0 Å². The predicted molar refractivity (Wildman–Crippen MR) is 59.2 cm³/mol. The average Bonchev–Trinajstić information content (AvgIpc) is 2.12. The number of halogens is 1. The Morgan fingerprint density at radius 1 is 1.27 bits per heavy atom. The molecule has 2 heteroatoms. The summed E-state index contributed by atoms with van der Waals surface area (Å²) in [5, 5.41) is 0. The number of nitrogens with two attached hydrogens (primary N) is 1. The van der Waals surface area contributed by atoms with Crippen LogP contribution in [0.25, 0.3) is 0 Å². The van der Waals surface area contributed by atoms with Crippen molar-refractivity contribution in [1.29, 1.82) is 0 Å². The van der Waals surface area contributed by atoms with Crippen molar-refractivity contribution < 1.29 is 4.39 Å². The molecule has 0 heterocycles. The van der Waals surface area contributed by atoms with Crippen LogP contribution in [0.15, 0.2) is 0 Å². The van der Waals surface area contributed by atoms with Gasteiger partial charge in [0.25, 0.3) is 0 Å². The van der Waals surface area contributed by atoms with E-state index in [2.05, 4.69) is 0 Å². The molecule has 4 bridgehead atoms. The fraction of sp³-hybridized carbons (Fsp3) is 1.00. The zero-order valence-electron chi connectivity index (χ0n) is 9.64. The summed E-state index contributed by atoms with van der Waals surface area (Å²) in [6.45, 7) is 1.98. The zero-order chi connectivity index (χ0) is 10.7. The van der Waals surface area contributed by atoms with Gasteiger partial charge in [-0.3, -0.25) is 0 Å². The lowest BCUT2D eigenvalue weighted by Gasteiger charge is -2.61. The van der Waals surface area contributed by atoms with Gasteiger partial charge in [0, 0.05) is 11.0 Å². The van der Waals surface area contributed by atoms with Crippen molar-refractivity contribution >= 4 is 0 Å². The molecule has 0 radical (unpaired) electrons. The largest absolute Gasteiger partial charge is 0.325 e. The van der Waals surface area contributed by atoms with Gasteiger partial charge in [-0.2, -0.15) is 0 Å². The normalized spacial score (nSPS) is 54.6. The van der Waals surface area contributed by atoms with Gasteiger partial charge in [0.15, 0.2) is 0 Å². The lowest BCUT2D eigenvalue weighted by molar-refractivity contribution is -0.107. The van der Waals surface area contributed by atoms with E-state index in [0.717, 1.165) is 31.1 Å². The Labute approximate surface area is 91.6 Å². The molecule has 4 aliphatic carbocycles. The minimum absolute atomic E-state index is 0.00356. The fourth-order valence-electron chi connectivity index (χ4n) is 5.20. The van der Waals surface area contributed by atoms with Crippen LogP contribution in [0.4, 0.5) is 4.39 Å². The summed E-state index contributed by atoms with van der Waals surface area (Å²) in [6.07, 6.45) is 6.94. The van der Waals surface area contributed by atoms with Gasteiger partial charge in [-0.05, 0) is 56.8 Å². The second kappa shape index (κ2) is 2.97. The maximum absolute atomic E-state index is 14.2.